The summed E-state index contributed by atoms with van der Waals surface area (Å²) in [5.41, 5.74) is 0.975. The topological polar surface area (TPSA) is 40.6 Å². The van der Waals surface area contributed by atoms with Gasteiger partial charge in [0.05, 0.1) is 0 Å². The van der Waals surface area contributed by atoms with E-state index in [1.165, 1.54) is 11.0 Å². The van der Waals surface area contributed by atoms with Crippen LogP contribution in [0.4, 0.5) is 4.39 Å². The molecule has 2 aliphatic heterocycles. The van der Waals surface area contributed by atoms with Crippen LogP contribution in [-0.4, -0.2) is 41.2 Å². The zero-order chi connectivity index (χ0) is 15.7. The third-order valence-corrected chi connectivity index (χ3v) is 4.61. The molecule has 0 N–H and O–H groups in total. The molecule has 0 unspecified atom stereocenters. The van der Waals surface area contributed by atoms with Crippen LogP contribution >= 0.6 is 0 Å². The van der Waals surface area contributed by atoms with E-state index in [-0.39, 0.29) is 23.7 Å². The van der Waals surface area contributed by atoms with E-state index < -0.39 is 0 Å². The van der Waals surface area contributed by atoms with Crippen LogP contribution in [0.15, 0.2) is 24.3 Å². The van der Waals surface area contributed by atoms with Crippen LogP contribution < -0.4 is 0 Å². The monoisotopic (exact) mass is 304 g/mol. The minimum absolute atomic E-state index is 0.0699. The van der Waals surface area contributed by atoms with Crippen molar-refractivity contribution in [1.29, 1.82) is 0 Å². The van der Waals surface area contributed by atoms with Gasteiger partial charge in [0.25, 0.3) is 0 Å². The highest BCUT2D eigenvalue weighted by Gasteiger charge is 2.33. The molecule has 118 valence electrons. The highest BCUT2D eigenvalue weighted by Crippen LogP contribution is 2.35. The van der Waals surface area contributed by atoms with Gasteiger partial charge in [0, 0.05) is 38.5 Å². The van der Waals surface area contributed by atoms with Crippen LogP contribution in [0.25, 0.3) is 0 Å². The third-order valence-electron chi connectivity index (χ3n) is 4.61. The first kappa shape index (κ1) is 15.2. The van der Waals surface area contributed by atoms with Gasteiger partial charge in [-0.25, -0.2) is 4.39 Å². The molecule has 0 radical (unpaired) electrons. The Hall–Kier alpha value is -1.75. The molecular weight excluding hydrogens is 283 g/mol. The lowest BCUT2D eigenvalue weighted by atomic mass is 10.0. The van der Waals surface area contributed by atoms with Crippen molar-refractivity contribution >= 4 is 11.8 Å². The third kappa shape index (κ3) is 3.04. The van der Waals surface area contributed by atoms with Crippen molar-refractivity contribution in [3.63, 3.8) is 0 Å². The summed E-state index contributed by atoms with van der Waals surface area (Å²) in [4.78, 5) is 27.0. The van der Waals surface area contributed by atoms with Crippen molar-refractivity contribution in [2.45, 2.75) is 32.2 Å². The number of nitrogens with zero attached hydrogens (tertiary/aromatic N) is 2. The first-order chi connectivity index (χ1) is 10.5. The lowest BCUT2D eigenvalue weighted by Gasteiger charge is -2.26. The van der Waals surface area contributed by atoms with Gasteiger partial charge in [-0.1, -0.05) is 19.1 Å². The quantitative estimate of drug-likeness (QED) is 0.802. The van der Waals surface area contributed by atoms with E-state index in [1.807, 2.05) is 6.07 Å². The first-order valence-electron chi connectivity index (χ1n) is 7.87. The summed E-state index contributed by atoms with van der Waals surface area (Å²) < 4.78 is 13.5. The Kier molecular flexibility index (Phi) is 4.25. The summed E-state index contributed by atoms with van der Waals surface area (Å²) in [6.07, 6.45) is 1.65. The maximum atomic E-state index is 13.5. The van der Waals surface area contributed by atoms with Gasteiger partial charge >= 0.3 is 0 Å². The number of amides is 2. The second kappa shape index (κ2) is 6.16. The average Bonchev–Trinajstić information content (AvgIpc) is 3.00. The Morgan fingerprint density at radius 1 is 1.18 bits per heavy atom. The van der Waals surface area contributed by atoms with Crippen molar-refractivity contribution < 1.29 is 14.0 Å². The average molecular weight is 304 g/mol. The van der Waals surface area contributed by atoms with Crippen molar-refractivity contribution in [2.75, 3.05) is 19.6 Å². The van der Waals surface area contributed by atoms with Gasteiger partial charge in [-0.15, -0.1) is 0 Å². The Morgan fingerprint density at radius 2 is 1.91 bits per heavy atom. The van der Waals surface area contributed by atoms with Crippen LogP contribution in [0.2, 0.25) is 0 Å². The Labute approximate surface area is 129 Å². The molecule has 0 spiro atoms. The molecule has 3 rings (SSSR count). The molecule has 2 saturated heterocycles. The van der Waals surface area contributed by atoms with Crippen LogP contribution in [-0.2, 0) is 9.59 Å². The lowest BCUT2D eigenvalue weighted by Crippen LogP contribution is -2.38. The van der Waals surface area contributed by atoms with Crippen LogP contribution in [0.3, 0.4) is 0 Å². The first-order valence-corrected chi connectivity index (χ1v) is 7.87. The van der Waals surface area contributed by atoms with E-state index in [0.29, 0.717) is 31.8 Å². The molecule has 1 aromatic carbocycles. The molecule has 4 nitrogen and oxygen atoms in total. The van der Waals surface area contributed by atoms with Crippen LogP contribution in [0.1, 0.15) is 37.8 Å². The summed E-state index contributed by atoms with van der Waals surface area (Å²) in [6, 6.07) is 6.89. The lowest BCUT2D eigenvalue weighted by molar-refractivity contribution is -0.138. The largest absolute Gasteiger partial charge is 0.294 e. The van der Waals surface area contributed by atoms with E-state index in [2.05, 4.69) is 11.8 Å². The van der Waals surface area contributed by atoms with Gasteiger partial charge < -0.3 is 0 Å². The number of hydrogen-bond acceptors (Lipinski definition) is 3. The number of carbonyl (C=O) groups excluding carboxylic acids is 2. The predicted octanol–water partition coefficient (Wildman–Crippen LogP) is 2.36. The Bertz CT molecular complexity index is 574. The number of hydrogen-bond donors (Lipinski definition) is 0. The van der Waals surface area contributed by atoms with Gasteiger partial charge in [0.1, 0.15) is 5.82 Å². The fourth-order valence-electron chi connectivity index (χ4n) is 3.54. The Morgan fingerprint density at radius 3 is 2.59 bits per heavy atom. The zero-order valence-electron chi connectivity index (χ0n) is 12.8. The summed E-state index contributed by atoms with van der Waals surface area (Å²) >= 11 is 0. The number of imide groups is 1. The molecular formula is C17H21FN2O2. The molecule has 1 aromatic rings. The molecule has 0 bridgehead atoms. The minimum Gasteiger partial charge on any atom is -0.294 e. The number of carbonyl (C=O) groups is 2. The van der Waals surface area contributed by atoms with Gasteiger partial charge in [0.15, 0.2) is 0 Å². The standard InChI is InChI=1S/C17H21FN2O2/c1-12-9-15(13-3-2-4-14(18)10-13)19(11-12)7-8-20-16(21)5-6-17(20)22/h2-4,10,12,15H,5-9,11H2,1H3/t12-,15-/m0/s1. The number of benzene rings is 1. The molecule has 22 heavy (non-hydrogen) atoms. The highest BCUT2D eigenvalue weighted by molar-refractivity contribution is 6.01. The number of likely N-dealkylation sites (tertiary alicyclic amines) is 2. The fourth-order valence-corrected chi connectivity index (χ4v) is 3.54. The molecule has 0 aliphatic carbocycles. The summed E-state index contributed by atoms with van der Waals surface area (Å²) in [7, 11) is 0. The molecule has 5 heteroatoms. The fraction of sp³-hybridized carbons (Fsp3) is 0.529. The molecule has 2 atom stereocenters. The van der Waals surface area contributed by atoms with Crippen molar-refractivity contribution in [2.24, 2.45) is 5.92 Å². The van der Waals surface area contributed by atoms with Crippen LogP contribution in [0, 0.1) is 11.7 Å². The molecule has 0 saturated carbocycles. The van der Waals surface area contributed by atoms with E-state index in [4.69, 9.17) is 0 Å². The molecule has 2 amide bonds. The molecule has 2 aliphatic rings. The van der Waals surface area contributed by atoms with Gasteiger partial charge in [0.2, 0.25) is 11.8 Å². The predicted molar refractivity (Wildman–Crippen MR) is 80.4 cm³/mol. The van der Waals surface area contributed by atoms with Crippen LogP contribution in [0.5, 0.6) is 0 Å². The second-order valence-corrected chi connectivity index (χ2v) is 6.35. The normalized spacial score (nSPS) is 26.2. The van der Waals surface area contributed by atoms with E-state index >= 15 is 0 Å². The number of halogens is 1. The van der Waals surface area contributed by atoms with E-state index in [0.717, 1.165) is 18.5 Å². The Balaban J connectivity index is 1.69. The number of rotatable bonds is 4. The van der Waals surface area contributed by atoms with Crippen molar-refractivity contribution in [3.05, 3.63) is 35.6 Å². The van der Waals surface area contributed by atoms with Gasteiger partial charge in [-0.3, -0.25) is 19.4 Å². The smallest absolute Gasteiger partial charge is 0.229 e. The van der Waals surface area contributed by atoms with Crippen molar-refractivity contribution in [1.82, 2.24) is 9.80 Å². The van der Waals surface area contributed by atoms with Gasteiger partial charge in [-0.2, -0.15) is 0 Å². The SMILES string of the molecule is C[C@H]1C[C@@H](c2cccc(F)c2)N(CCN2C(=O)CCC2=O)C1. The minimum atomic E-state index is -0.220. The molecule has 2 fully saturated rings. The van der Waals surface area contributed by atoms with Crippen molar-refractivity contribution in [3.8, 4) is 0 Å². The van der Waals surface area contributed by atoms with Gasteiger partial charge in [-0.05, 0) is 30.0 Å². The van der Waals surface area contributed by atoms with E-state index in [1.54, 1.807) is 12.1 Å². The highest BCUT2D eigenvalue weighted by atomic mass is 19.1. The van der Waals surface area contributed by atoms with E-state index in [9.17, 15) is 14.0 Å². The molecule has 2 heterocycles. The molecule has 0 aromatic heterocycles. The zero-order valence-corrected chi connectivity index (χ0v) is 12.8. The summed E-state index contributed by atoms with van der Waals surface area (Å²) in [5, 5.41) is 0. The maximum absolute atomic E-state index is 13.5. The summed E-state index contributed by atoms with van der Waals surface area (Å²) in [5.74, 6) is 0.166. The maximum Gasteiger partial charge on any atom is 0.229 e. The summed E-state index contributed by atoms with van der Waals surface area (Å²) in [6.45, 7) is 4.19. The second-order valence-electron chi connectivity index (χ2n) is 6.35.